The van der Waals surface area contributed by atoms with Gasteiger partial charge in [-0.2, -0.15) is 0 Å². The van der Waals surface area contributed by atoms with Crippen molar-refractivity contribution in [1.82, 2.24) is 0 Å². The van der Waals surface area contributed by atoms with Crippen molar-refractivity contribution in [3.63, 3.8) is 0 Å². The first kappa shape index (κ1) is 32.5. The monoisotopic (exact) mass is 514 g/mol. The minimum Gasteiger partial charge on any atom is -0.248 e. The van der Waals surface area contributed by atoms with Crippen molar-refractivity contribution in [3.05, 3.63) is 0 Å². The molecule has 3 heteroatoms. The Morgan fingerprint density at radius 1 is 0.588 bits per heavy atom. The van der Waals surface area contributed by atoms with Crippen LogP contribution in [0.3, 0.4) is 0 Å². The largest absolute Gasteiger partial charge is 0.248 e. The highest BCUT2D eigenvalue weighted by molar-refractivity contribution is 8.69. The molecule has 2 unspecified atom stereocenters. The molecule has 1 fully saturated rings. The lowest BCUT2D eigenvalue weighted by Gasteiger charge is -2.20. The van der Waals surface area contributed by atoms with E-state index < -0.39 is 9.83 Å². The van der Waals surface area contributed by atoms with Gasteiger partial charge in [-0.1, -0.05) is 166 Å². The number of unbranched alkanes of at least 4 members (excludes halogenated alkanes) is 7. The smallest absolute Gasteiger partial charge is 0.0835 e. The van der Waals surface area contributed by atoms with E-state index in [0.717, 1.165) is 11.7 Å². The van der Waals surface area contributed by atoms with Crippen LogP contribution in [0.25, 0.3) is 0 Å². The molecule has 0 saturated heterocycles. The molecule has 0 amide bonds. The molecule has 1 aliphatic carbocycles. The molecular weight excluding hydrogens is 452 g/mol. The van der Waals surface area contributed by atoms with Crippen LogP contribution < -0.4 is 0 Å². The average Bonchev–Trinajstić information content (AvgIpc) is 2.84. The number of hydrogen-bond donors (Lipinski definition) is 0. The molecule has 1 aliphatic rings. The Bertz CT molecular complexity index is 423. The Balaban J connectivity index is 2.46. The first-order valence-electron chi connectivity index (χ1n) is 15.8. The molecule has 1 rings (SSSR count). The molecular formula is C31H62OS2. The summed E-state index contributed by atoms with van der Waals surface area (Å²) >= 11 is 0. The third kappa shape index (κ3) is 19.7. The summed E-state index contributed by atoms with van der Waals surface area (Å²) in [7, 11) is 1.16. The zero-order valence-corrected chi connectivity index (χ0v) is 25.1. The van der Waals surface area contributed by atoms with E-state index in [4.69, 9.17) is 0 Å². The lowest BCUT2D eigenvalue weighted by Crippen LogP contribution is -2.15. The van der Waals surface area contributed by atoms with Crippen LogP contribution in [0.2, 0.25) is 0 Å². The fraction of sp³-hybridized carbons (Fsp3) is 1.00. The van der Waals surface area contributed by atoms with Crippen LogP contribution >= 0.6 is 10.8 Å². The summed E-state index contributed by atoms with van der Waals surface area (Å²) in [6.07, 6.45) is 35.7. The van der Waals surface area contributed by atoms with Crippen LogP contribution in [0.1, 0.15) is 181 Å². The predicted octanol–water partition coefficient (Wildman–Crippen LogP) is 11.6. The van der Waals surface area contributed by atoms with Crippen molar-refractivity contribution in [3.8, 4) is 0 Å². The van der Waals surface area contributed by atoms with Gasteiger partial charge in [-0.15, -0.1) is 0 Å². The van der Waals surface area contributed by atoms with Crippen molar-refractivity contribution in [2.45, 2.75) is 186 Å². The predicted molar refractivity (Wildman–Crippen MR) is 159 cm³/mol. The molecule has 0 heterocycles. The fourth-order valence-corrected chi connectivity index (χ4v) is 9.20. The summed E-state index contributed by atoms with van der Waals surface area (Å²) in [5.74, 6) is 1.95. The Morgan fingerprint density at radius 3 is 1.41 bits per heavy atom. The van der Waals surface area contributed by atoms with Crippen molar-refractivity contribution >= 4 is 20.6 Å². The summed E-state index contributed by atoms with van der Waals surface area (Å²) in [5.41, 5.74) is 0. The van der Waals surface area contributed by atoms with Crippen molar-refractivity contribution < 1.29 is 4.21 Å². The molecule has 0 spiro atoms. The van der Waals surface area contributed by atoms with Crippen LogP contribution in [-0.4, -0.2) is 15.2 Å². The van der Waals surface area contributed by atoms with Gasteiger partial charge < -0.3 is 0 Å². The van der Waals surface area contributed by atoms with Crippen LogP contribution in [0, 0.1) is 5.92 Å². The number of hydrogen-bond acceptors (Lipinski definition) is 2. The first-order chi connectivity index (χ1) is 16.8. The molecule has 0 aromatic heterocycles. The van der Waals surface area contributed by atoms with E-state index >= 15 is 0 Å². The summed E-state index contributed by atoms with van der Waals surface area (Å²) in [6, 6.07) is 0. The molecule has 0 aromatic rings. The molecule has 0 aliphatic heterocycles. The Labute approximate surface area is 222 Å². The van der Waals surface area contributed by atoms with Gasteiger partial charge in [0.25, 0.3) is 0 Å². The van der Waals surface area contributed by atoms with Crippen molar-refractivity contribution in [2.75, 3.05) is 5.75 Å². The molecule has 1 saturated carbocycles. The summed E-state index contributed by atoms with van der Waals surface area (Å²) in [4.78, 5) is 0. The maximum atomic E-state index is 13.4. The van der Waals surface area contributed by atoms with E-state index in [1.807, 2.05) is 10.8 Å². The highest BCUT2D eigenvalue weighted by Gasteiger charge is 2.19. The summed E-state index contributed by atoms with van der Waals surface area (Å²) in [5, 5.41) is 0.440. The Kier molecular flexibility index (Phi) is 24.1. The topological polar surface area (TPSA) is 17.1 Å². The first-order valence-corrected chi connectivity index (χ1v) is 18.5. The van der Waals surface area contributed by atoms with E-state index in [9.17, 15) is 4.21 Å². The second kappa shape index (κ2) is 25.2. The standard InChI is InChI=1S/C31H62OS2/c1-3-5-7-18-24-28-31(27-23-8-6-4-2)34(32)33-29-30-25-21-19-16-14-12-10-9-11-13-15-17-20-22-26-30/h30-31H,3-29H2,1-2H3. The van der Waals surface area contributed by atoms with Crippen LogP contribution in [0.4, 0.5) is 0 Å². The van der Waals surface area contributed by atoms with Crippen LogP contribution in [-0.2, 0) is 9.83 Å². The zero-order chi connectivity index (χ0) is 24.5. The van der Waals surface area contributed by atoms with Gasteiger partial charge in [0.1, 0.15) is 0 Å². The third-order valence-corrected chi connectivity index (χ3v) is 11.7. The highest BCUT2D eigenvalue weighted by atomic mass is 33.1. The Morgan fingerprint density at radius 2 is 0.971 bits per heavy atom. The average molecular weight is 515 g/mol. The van der Waals surface area contributed by atoms with E-state index in [1.165, 1.54) is 167 Å². The molecule has 0 aromatic carbocycles. The third-order valence-electron chi connectivity index (χ3n) is 7.93. The minimum atomic E-state index is -0.689. The molecule has 0 radical (unpaired) electrons. The summed E-state index contributed by atoms with van der Waals surface area (Å²) < 4.78 is 13.4. The second-order valence-corrected chi connectivity index (χ2v) is 14.7. The van der Waals surface area contributed by atoms with E-state index in [-0.39, 0.29) is 0 Å². The van der Waals surface area contributed by atoms with Gasteiger partial charge >= 0.3 is 0 Å². The van der Waals surface area contributed by atoms with Crippen LogP contribution in [0.5, 0.6) is 0 Å². The zero-order valence-electron chi connectivity index (χ0n) is 23.5. The maximum Gasteiger partial charge on any atom is 0.0835 e. The van der Waals surface area contributed by atoms with Gasteiger partial charge in [0.05, 0.1) is 9.83 Å². The van der Waals surface area contributed by atoms with E-state index in [2.05, 4.69) is 13.8 Å². The van der Waals surface area contributed by atoms with Crippen molar-refractivity contribution in [1.29, 1.82) is 0 Å². The van der Waals surface area contributed by atoms with Gasteiger partial charge in [-0.3, -0.25) is 0 Å². The Hall–Kier alpha value is 0.500. The molecule has 0 bridgehead atoms. The molecule has 34 heavy (non-hydrogen) atoms. The lowest BCUT2D eigenvalue weighted by molar-refractivity contribution is 0.432. The molecule has 204 valence electrons. The van der Waals surface area contributed by atoms with Gasteiger partial charge in [-0.25, -0.2) is 4.21 Å². The number of rotatable bonds is 15. The van der Waals surface area contributed by atoms with Gasteiger partial charge in [0, 0.05) is 11.0 Å². The summed E-state index contributed by atoms with van der Waals surface area (Å²) in [6.45, 7) is 4.57. The quantitative estimate of drug-likeness (QED) is 0.160. The van der Waals surface area contributed by atoms with Crippen molar-refractivity contribution in [2.24, 2.45) is 5.92 Å². The SMILES string of the molecule is CCCCCCCC(CCCCCC)S(=O)SCC1CCCCCCCCCCCCCCC1. The lowest BCUT2D eigenvalue weighted by atomic mass is 9.95. The molecule has 1 nitrogen and oxygen atoms in total. The fourth-order valence-electron chi connectivity index (χ4n) is 5.49. The highest BCUT2D eigenvalue weighted by Crippen LogP contribution is 2.29. The molecule has 0 N–H and O–H groups in total. The minimum absolute atomic E-state index is 0.440. The van der Waals surface area contributed by atoms with Gasteiger partial charge in [-0.05, 0) is 31.6 Å². The second-order valence-electron chi connectivity index (χ2n) is 11.3. The van der Waals surface area contributed by atoms with E-state index in [0.29, 0.717) is 5.25 Å². The van der Waals surface area contributed by atoms with Crippen LogP contribution in [0.15, 0.2) is 0 Å². The maximum absolute atomic E-state index is 13.4. The van der Waals surface area contributed by atoms with E-state index in [1.54, 1.807) is 0 Å². The molecule has 2 atom stereocenters. The normalized spacial score (nSPS) is 20.2. The van der Waals surface area contributed by atoms with Gasteiger partial charge in [0.15, 0.2) is 0 Å². The van der Waals surface area contributed by atoms with Gasteiger partial charge in [0.2, 0.25) is 0 Å².